The van der Waals surface area contributed by atoms with E-state index in [0.29, 0.717) is 5.56 Å². The van der Waals surface area contributed by atoms with E-state index in [1.807, 2.05) is 42.5 Å². The maximum absolute atomic E-state index is 15.1. The Bertz CT molecular complexity index is 3100. The first kappa shape index (κ1) is 62.1. The van der Waals surface area contributed by atoms with Gasteiger partial charge < -0.3 is 73.4 Å². The third-order valence-corrected chi connectivity index (χ3v) is 12.8. The first-order valence-corrected chi connectivity index (χ1v) is 26.6. The van der Waals surface area contributed by atoms with Crippen molar-refractivity contribution in [1.82, 2.24) is 39.9 Å². The maximum atomic E-state index is 15.1. The molecule has 5 amide bonds. The molecule has 23 heteroatoms. The molecule has 3 aromatic carbocycles. The first-order chi connectivity index (χ1) is 39.8. The molecule has 6 rings (SSSR count). The summed E-state index contributed by atoms with van der Waals surface area (Å²) in [5.41, 5.74) is 0.0840. The van der Waals surface area contributed by atoms with Gasteiger partial charge in [-0.2, -0.15) is 0 Å². The van der Waals surface area contributed by atoms with E-state index >= 15 is 4.79 Å². The summed E-state index contributed by atoms with van der Waals surface area (Å²) in [5, 5.41) is 19.9. The molecule has 0 saturated heterocycles. The Hall–Kier alpha value is -9.06. The third-order valence-electron chi connectivity index (χ3n) is 12.8. The van der Waals surface area contributed by atoms with Gasteiger partial charge in [0.1, 0.15) is 25.9 Å². The number of nitrogens with one attached hydrogen (secondary N) is 4. The van der Waals surface area contributed by atoms with Crippen molar-refractivity contribution in [2.45, 2.75) is 64.8 Å². The number of carbonyl (C=O) groups excluding carboxylic acids is 4. The predicted molar refractivity (Wildman–Crippen MR) is 302 cm³/mol. The summed E-state index contributed by atoms with van der Waals surface area (Å²) in [4.78, 5) is 112. The second-order valence-corrected chi connectivity index (χ2v) is 18.6. The van der Waals surface area contributed by atoms with Crippen molar-refractivity contribution < 1.29 is 57.5 Å². The number of carboxylic acid groups (broad SMARTS) is 1. The number of ether oxygens (including phenoxy) is 6. The van der Waals surface area contributed by atoms with Crippen molar-refractivity contribution in [3.05, 3.63) is 192 Å². The van der Waals surface area contributed by atoms with Crippen LogP contribution < -0.4 is 52.2 Å². The Labute approximate surface area is 473 Å². The summed E-state index contributed by atoms with van der Waals surface area (Å²) in [5.74, 6) is -3.64. The van der Waals surface area contributed by atoms with Gasteiger partial charge in [0.2, 0.25) is 5.91 Å². The van der Waals surface area contributed by atoms with Gasteiger partial charge in [-0.05, 0) is 54.2 Å². The van der Waals surface area contributed by atoms with Crippen molar-refractivity contribution in [2.24, 2.45) is 0 Å². The third kappa shape index (κ3) is 18.5. The van der Waals surface area contributed by atoms with Gasteiger partial charge >= 0.3 is 6.09 Å². The van der Waals surface area contributed by atoms with Crippen LogP contribution in [0.5, 0.6) is 17.2 Å². The van der Waals surface area contributed by atoms with Gasteiger partial charge in [-0.3, -0.25) is 33.6 Å². The molecule has 82 heavy (non-hydrogen) atoms. The molecule has 3 aromatic heterocycles. The molecule has 436 valence electrons. The van der Waals surface area contributed by atoms with Crippen LogP contribution in [0.1, 0.15) is 67.0 Å². The maximum Gasteiger partial charge on any atom is 0.404 e. The summed E-state index contributed by atoms with van der Waals surface area (Å²) < 4.78 is 37.7. The molecule has 0 aliphatic rings. The smallest absolute Gasteiger partial charge is 0.404 e. The molecule has 5 N–H and O–H groups in total. The number of rotatable bonds is 34. The van der Waals surface area contributed by atoms with Crippen LogP contribution >= 0.6 is 0 Å². The summed E-state index contributed by atoms with van der Waals surface area (Å²) in [6, 6.07) is 30.1. The molecule has 0 aliphatic heterocycles. The fourth-order valence-corrected chi connectivity index (χ4v) is 8.42. The van der Waals surface area contributed by atoms with E-state index in [0.717, 1.165) is 11.1 Å². The average molecular weight is 1130 g/mol. The molecule has 0 aliphatic carbocycles. The zero-order valence-electron chi connectivity index (χ0n) is 46.2. The van der Waals surface area contributed by atoms with Crippen molar-refractivity contribution >= 4 is 29.7 Å². The van der Waals surface area contributed by atoms with Gasteiger partial charge in [0, 0.05) is 92.3 Å². The highest BCUT2D eigenvalue weighted by molar-refractivity contribution is 6.00. The molecule has 0 bridgehead atoms. The molecular weight excluding hydrogens is 1060 g/mol. The first-order valence-electron chi connectivity index (χ1n) is 26.6. The number of pyridine rings is 3. The van der Waals surface area contributed by atoms with Crippen LogP contribution in [0.4, 0.5) is 4.79 Å². The molecule has 6 aromatic rings. The number of hydrogen-bond donors (Lipinski definition) is 5. The standard InChI is InChI=1S/C59H70N8O15/c1-77-36-33-64-28-22-45(49(56(64)72)80-39-42-15-7-4-8-16-42)52(68)60-26-31-67(32-27-61-53(69)46-23-29-65(34-37-78-2)57(73)50(46)81-40-43-17-9-5-10-18-43)55(71)48(21-13-14-25-62-59(75)76)63-54(70)47-24-30-66(35-38-79-3)58(74)51(47)82-41-44-19-11-6-12-20-44/h4-12,15-20,22-24,28-30,48,62H,13-14,21,25-27,31-41H2,1-3H3,(H,60,68)(H,61,69)(H,63,70)(H,75,76). The lowest BCUT2D eigenvalue weighted by Gasteiger charge is -2.29. The second-order valence-electron chi connectivity index (χ2n) is 18.6. The van der Waals surface area contributed by atoms with Crippen molar-refractivity contribution in [3.63, 3.8) is 0 Å². The lowest BCUT2D eigenvalue weighted by atomic mass is 10.1. The number of methoxy groups -OCH3 is 3. The Morgan fingerprint density at radius 2 is 0.854 bits per heavy atom. The predicted octanol–water partition coefficient (Wildman–Crippen LogP) is 4.07. The number of amides is 5. The minimum atomic E-state index is -1.34. The molecular formula is C59H70N8O15. The zero-order chi connectivity index (χ0) is 58.6. The van der Waals surface area contributed by atoms with E-state index < -0.39 is 52.4 Å². The van der Waals surface area contributed by atoms with E-state index in [-0.39, 0.29) is 145 Å². The minimum absolute atomic E-state index is 0.0285. The number of unbranched alkanes of at least 4 members (excludes halogenated alkanes) is 1. The van der Waals surface area contributed by atoms with Crippen LogP contribution in [-0.4, -0.2) is 133 Å². The SMILES string of the molecule is COCCn1ccc(C(=O)NCCN(CCNC(=O)c2ccn(CCOC)c(=O)c2OCc2ccccc2)C(=O)C(CCCCNC(=O)O)NC(=O)c2ccn(CCOC)c(=O)c2OCc2ccccc2)c(OCc2ccccc2)c1=O. The van der Waals surface area contributed by atoms with E-state index in [4.69, 9.17) is 28.4 Å². The zero-order valence-corrected chi connectivity index (χ0v) is 46.2. The van der Waals surface area contributed by atoms with Gasteiger partial charge in [0.15, 0.2) is 17.2 Å². The van der Waals surface area contributed by atoms with E-state index in [1.54, 1.807) is 48.5 Å². The van der Waals surface area contributed by atoms with Crippen LogP contribution in [0, 0.1) is 0 Å². The summed E-state index contributed by atoms with van der Waals surface area (Å²) >= 11 is 0. The molecule has 1 atom stereocenters. The highest BCUT2D eigenvalue weighted by Gasteiger charge is 2.29. The quantitative estimate of drug-likeness (QED) is 0.0356. The molecule has 0 fully saturated rings. The van der Waals surface area contributed by atoms with Gasteiger partial charge in [-0.1, -0.05) is 91.0 Å². The summed E-state index contributed by atoms with van der Waals surface area (Å²) in [6.07, 6.45) is 3.51. The van der Waals surface area contributed by atoms with Crippen molar-refractivity contribution in [1.29, 1.82) is 0 Å². The topological polar surface area (TPSA) is 278 Å². The Kier molecular flexibility index (Phi) is 24.9. The highest BCUT2D eigenvalue weighted by atomic mass is 16.5. The number of nitrogens with zero attached hydrogens (tertiary/aromatic N) is 4. The Morgan fingerprint density at radius 1 is 0.488 bits per heavy atom. The molecule has 0 spiro atoms. The minimum Gasteiger partial charge on any atom is -0.482 e. The van der Waals surface area contributed by atoms with Gasteiger partial charge in [-0.15, -0.1) is 0 Å². The van der Waals surface area contributed by atoms with Crippen LogP contribution in [0.15, 0.2) is 142 Å². The largest absolute Gasteiger partial charge is 0.482 e. The normalized spacial score (nSPS) is 11.3. The van der Waals surface area contributed by atoms with E-state index in [2.05, 4.69) is 21.3 Å². The summed E-state index contributed by atoms with van der Waals surface area (Å²) in [7, 11) is 4.47. The van der Waals surface area contributed by atoms with Gasteiger partial charge in [0.25, 0.3) is 34.4 Å². The molecule has 0 radical (unpaired) electrons. The number of hydrogen-bond acceptors (Lipinski definition) is 14. The lowest BCUT2D eigenvalue weighted by Crippen LogP contribution is -2.52. The fraction of sp³-hybridized carbons (Fsp3) is 0.356. The van der Waals surface area contributed by atoms with Crippen molar-refractivity contribution in [3.8, 4) is 17.2 Å². The number of benzene rings is 3. The fourth-order valence-electron chi connectivity index (χ4n) is 8.42. The average Bonchev–Trinajstić information content (AvgIpc) is 3.61. The molecule has 1 unspecified atom stereocenters. The van der Waals surface area contributed by atoms with Crippen LogP contribution in [0.25, 0.3) is 0 Å². The monoisotopic (exact) mass is 1130 g/mol. The molecule has 0 saturated carbocycles. The van der Waals surface area contributed by atoms with Crippen LogP contribution in [0.2, 0.25) is 0 Å². The highest BCUT2D eigenvalue weighted by Crippen LogP contribution is 2.20. The molecule has 3 heterocycles. The number of carbonyl (C=O) groups is 5. The van der Waals surface area contributed by atoms with Crippen LogP contribution in [0.3, 0.4) is 0 Å². The van der Waals surface area contributed by atoms with Crippen molar-refractivity contribution in [2.75, 3.05) is 73.9 Å². The van der Waals surface area contributed by atoms with Crippen LogP contribution in [-0.2, 0) is 58.5 Å². The van der Waals surface area contributed by atoms with Gasteiger partial charge in [0.05, 0.1) is 36.5 Å². The molecule has 23 nitrogen and oxygen atoms in total. The van der Waals surface area contributed by atoms with E-state index in [1.165, 1.54) is 76.7 Å². The van der Waals surface area contributed by atoms with E-state index in [9.17, 15) is 38.7 Å². The lowest BCUT2D eigenvalue weighted by molar-refractivity contribution is -0.133. The second kappa shape index (κ2) is 32.9. The van der Waals surface area contributed by atoms with Gasteiger partial charge in [-0.25, -0.2) is 4.79 Å². The summed E-state index contributed by atoms with van der Waals surface area (Å²) in [6.45, 7) is 0.114. The Balaban J connectivity index is 1.31. The number of aromatic nitrogens is 3. The Morgan fingerprint density at radius 3 is 1.21 bits per heavy atom.